The predicted octanol–water partition coefficient (Wildman–Crippen LogP) is 0.675. The van der Waals surface area contributed by atoms with Gasteiger partial charge in [-0.1, -0.05) is 0 Å². The summed E-state index contributed by atoms with van der Waals surface area (Å²) in [6.45, 7) is 6.47. The zero-order valence-corrected chi connectivity index (χ0v) is 10.8. The van der Waals surface area contributed by atoms with E-state index in [-0.39, 0.29) is 0 Å². The molecule has 0 bridgehead atoms. The van der Waals surface area contributed by atoms with Crippen molar-refractivity contribution in [3.63, 3.8) is 0 Å². The fourth-order valence-electron chi connectivity index (χ4n) is 2.04. The first-order chi connectivity index (χ1) is 8.88. The highest BCUT2D eigenvalue weighted by atomic mass is 16.5. The van der Waals surface area contributed by atoms with Gasteiger partial charge in [-0.25, -0.2) is 4.98 Å². The molecule has 0 aromatic carbocycles. The molecule has 2 rings (SSSR count). The molecular weight excluding hydrogens is 228 g/mol. The summed E-state index contributed by atoms with van der Waals surface area (Å²) in [6, 6.07) is 3.95. The van der Waals surface area contributed by atoms with E-state index < -0.39 is 0 Å². The molecule has 0 unspecified atom stereocenters. The summed E-state index contributed by atoms with van der Waals surface area (Å²) in [6.07, 6.45) is 2.92. The third-order valence-electron chi connectivity index (χ3n) is 3.12. The topological polar surface area (TPSA) is 63.4 Å². The minimum absolute atomic E-state index is 0.560. The van der Waals surface area contributed by atoms with Crippen LogP contribution in [-0.4, -0.2) is 49.3 Å². The maximum atomic E-state index is 5.60. The van der Waals surface area contributed by atoms with Crippen molar-refractivity contribution in [1.82, 2.24) is 9.88 Å². The van der Waals surface area contributed by atoms with Gasteiger partial charge in [0.15, 0.2) is 0 Å². The predicted molar refractivity (Wildman–Crippen MR) is 72.5 cm³/mol. The van der Waals surface area contributed by atoms with Crippen LogP contribution >= 0.6 is 0 Å². The Morgan fingerprint density at radius 3 is 3.00 bits per heavy atom. The van der Waals surface area contributed by atoms with Crippen LogP contribution in [0.3, 0.4) is 0 Å². The molecule has 1 aromatic rings. The van der Waals surface area contributed by atoms with Gasteiger partial charge in [-0.05, 0) is 30.7 Å². The summed E-state index contributed by atoms with van der Waals surface area (Å²) in [7, 11) is 0. The molecule has 5 heteroatoms. The highest BCUT2D eigenvalue weighted by Crippen LogP contribution is 2.06. The average molecular weight is 250 g/mol. The van der Waals surface area contributed by atoms with Gasteiger partial charge in [0, 0.05) is 32.4 Å². The van der Waals surface area contributed by atoms with Gasteiger partial charge in [0.05, 0.1) is 13.2 Å². The Labute approximate surface area is 108 Å². The van der Waals surface area contributed by atoms with Gasteiger partial charge in [0.25, 0.3) is 0 Å². The monoisotopic (exact) mass is 250 g/mol. The summed E-state index contributed by atoms with van der Waals surface area (Å²) < 4.78 is 5.32. The minimum atomic E-state index is 0.560. The Hall–Kier alpha value is -1.17. The lowest BCUT2D eigenvalue weighted by Crippen LogP contribution is -2.37. The Morgan fingerprint density at radius 2 is 2.22 bits per heavy atom. The van der Waals surface area contributed by atoms with Crippen molar-refractivity contribution in [2.75, 3.05) is 44.7 Å². The number of aromatic nitrogens is 1. The van der Waals surface area contributed by atoms with Crippen molar-refractivity contribution in [2.24, 2.45) is 5.73 Å². The van der Waals surface area contributed by atoms with Crippen LogP contribution in [0, 0.1) is 0 Å². The second-order valence-electron chi connectivity index (χ2n) is 4.49. The van der Waals surface area contributed by atoms with Crippen LogP contribution in [0.4, 0.5) is 5.82 Å². The van der Waals surface area contributed by atoms with Crippen molar-refractivity contribution in [2.45, 2.75) is 13.0 Å². The molecule has 1 aromatic heterocycles. The Kier molecular flexibility index (Phi) is 5.38. The zero-order chi connectivity index (χ0) is 12.6. The van der Waals surface area contributed by atoms with Crippen LogP contribution in [-0.2, 0) is 11.3 Å². The van der Waals surface area contributed by atoms with Crippen LogP contribution in [0.15, 0.2) is 18.3 Å². The third-order valence-corrected chi connectivity index (χ3v) is 3.12. The van der Waals surface area contributed by atoms with Gasteiger partial charge >= 0.3 is 0 Å². The van der Waals surface area contributed by atoms with E-state index in [4.69, 9.17) is 10.5 Å². The normalized spacial score (nSPS) is 16.7. The minimum Gasteiger partial charge on any atom is -0.379 e. The molecule has 1 aliphatic heterocycles. The van der Waals surface area contributed by atoms with Gasteiger partial charge in [0.1, 0.15) is 5.82 Å². The van der Waals surface area contributed by atoms with Gasteiger partial charge in [-0.2, -0.15) is 0 Å². The smallest absolute Gasteiger partial charge is 0.126 e. The van der Waals surface area contributed by atoms with Crippen LogP contribution in [0.25, 0.3) is 0 Å². The van der Waals surface area contributed by atoms with Gasteiger partial charge < -0.3 is 15.8 Å². The van der Waals surface area contributed by atoms with Crippen molar-refractivity contribution >= 4 is 5.82 Å². The van der Waals surface area contributed by atoms with Crippen LogP contribution < -0.4 is 11.1 Å². The maximum Gasteiger partial charge on any atom is 0.126 e. The van der Waals surface area contributed by atoms with E-state index in [0.717, 1.165) is 57.2 Å². The molecule has 1 fully saturated rings. The van der Waals surface area contributed by atoms with E-state index in [1.54, 1.807) is 6.20 Å². The molecular formula is C13H22N4O. The number of pyridine rings is 1. The molecule has 1 saturated heterocycles. The molecule has 0 amide bonds. The molecule has 0 atom stereocenters. The zero-order valence-electron chi connectivity index (χ0n) is 10.8. The number of rotatable bonds is 6. The Bertz CT molecular complexity index is 353. The van der Waals surface area contributed by atoms with Crippen molar-refractivity contribution in [1.29, 1.82) is 0 Å². The van der Waals surface area contributed by atoms with Crippen LogP contribution in [0.1, 0.15) is 12.0 Å². The molecule has 0 radical (unpaired) electrons. The number of hydrogen-bond acceptors (Lipinski definition) is 5. The van der Waals surface area contributed by atoms with E-state index in [1.165, 1.54) is 0 Å². The number of nitrogens with one attached hydrogen (secondary N) is 1. The summed E-state index contributed by atoms with van der Waals surface area (Å²) in [4.78, 5) is 6.71. The lowest BCUT2D eigenvalue weighted by Gasteiger charge is -2.26. The second-order valence-corrected chi connectivity index (χ2v) is 4.49. The summed E-state index contributed by atoms with van der Waals surface area (Å²) >= 11 is 0. The second kappa shape index (κ2) is 7.31. The number of ether oxygens (including phenoxy) is 1. The van der Waals surface area contributed by atoms with Crippen molar-refractivity contribution in [3.8, 4) is 0 Å². The van der Waals surface area contributed by atoms with E-state index in [0.29, 0.717) is 6.54 Å². The lowest BCUT2D eigenvalue weighted by atomic mass is 10.2. The first-order valence-corrected chi connectivity index (χ1v) is 6.57. The molecule has 0 aliphatic carbocycles. The van der Waals surface area contributed by atoms with Crippen molar-refractivity contribution in [3.05, 3.63) is 23.9 Å². The fraction of sp³-hybridized carbons (Fsp3) is 0.615. The Balaban J connectivity index is 1.65. The average Bonchev–Trinajstić information content (AvgIpc) is 2.45. The Morgan fingerprint density at radius 1 is 1.39 bits per heavy atom. The third kappa shape index (κ3) is 4.25. The highest BCUT2D eigenvalue weighted by molar-refractivity contribution is 5.37. The summed E-state index contributed by atoms with van der Waals surface area (Å²) in [5, 5.41) is 3.33. The molecule has 100 valence electrons. The molecule has 18 heavy (non-hydrogen) atoms. The summed E-state index contributed by atoms with van der Waals surface area (Å²) in [5.41, 5.74) is 6.71. The quantitative estimate of drug-likeness (QED) is 0.727. The van der Waals surface area contributed by atoms with E-state index in [2.05, 4.69) is 15.2 Å². The molecule has 1 aliphatic rings. The van der Waals surface area contributed by atoms with E-state index in [1.807, 2.05) is 12.1 Å². The molecule has 3 N–H and O–H groups in total. The number of morpholine rings is 1. The fourth-order valence-corrected chi connectivity index (χ4v) is 2.04. The first-order valence-electron chi connectivity index (χ1n) is 6.57. The number of anilines is 1. The molecule has 0 spiro atoms. The molecule has 5 nitrogen and oxygen atoms in total. The maximum absolute atomic E-state index is 5.60. The summed E-state index contributed by atoms with van der Waals surface area (Å²) in [5.74, 6) is 0.917. The van der Waals surface area contributed by atoms with Crippen molar-refractivity contribution < 1.29 is 4.74 Å². The molecule has 2 heterocycles. The van der Waals surface area contributed by atoms with Gasteiger partial charge in [-0.3, -0.25) is 4.90 Å². The SMILES string of the molecule is NCc1ccnc(NCCCN2CCOCC2)c1. The van der Waals surface area contributed by atoms with Gasteiger partial charge in [0.2, 0.25) is 0 Å². The van der Waals surface area contributed by atoms with Gasteiger partial charge in [-0.15, -0.1) is 0 Å². The van der Waals surface area contributed by atoms with Crippen LogP contribution in [0.5, 0.6) is 0 Å². The molecule has 0 saturated carbocycles. The number of hydrogen-bond donors (Lipinski definition) is 2. The lowest BCUT2D eigenvalue weighted by molar-refractivity contribution is 0.0378. The van der Waals surface area contributed by atoms with E-state index >= 15 is 0 Å². The largest absolute Gasteiger partial charge is 0.379 e. The highest BCUT2D eigenvalue weighted by Gasteiger charge is 2.08. The standard InChI is InChI=1S/C13H22N4O/c14-11-12-2-4-16-13(10-12)15-3-1-5-17-6-8-18-9-7-17/h2,4,10H,1,3,5-9,11,14H2,(H,15,16). The first kappa shape index (κ1) is 13.3. The van der Waals surface area contributed by atoms with Crippen LogP contribution in [0.2, 0.25) is 0 Å². The number of nitrogens with two attached hydrogens (primary N) is 1. The number of nitrogens with zero attached hydrogens (tertiary/aromatic N) is 2. The van der Waals surface area contributed by atoms with E-state index in [9.17, 15) is 0 Å².